The van der Waals surface area contributed by atoms with Gasteiger partial charge in [0.25, 0.3) is 0 Å². The van der Waals surface area contributed by atoms with Gasteiger partial charge in [-0.05, 0) is 31.0 Å². The first-order valence-corrected chi connectivity index (χ1v) is 8.39. The molecule has 1 fully saturated rings. The second kappa shape index (κ2) is 8.59. The summed E-state index contributed by atoms with van der Waals surface area (Å²) in [5.41, 5.74) is -0.231. The van der Waals surface area contributed by atoms with E-state index in [1.54, 1.807) is 19.0 Å². The van der Waals surface area contributed by atoms with Gasteiger partial charge in [-0.1, -0.05) is 0 Å². The SMILES string of the molecule is CN(C)c1ccc(C(F)(F)F)cc1NC(=O)N1CCCC(OCCO)C1. The van der Waals surface area contributed by atoms with E-state index in [0.29, 0.717) is 18.8 Å². The number of nitrogens with zero attached hydrogens (tertiary/aromatic N) is 2. The lowest BCUT2D eigenvalue weighted by Gasteiger charge is -2.33. The van der Waals surface area contributed by atoms with Crippen molar-refractivity contribution in [2.24, 2.45) is 0 Å². The second-order valence-electron chi connectivity index (χ2n) is 6.36. The quantitative estimate of drug-likeness (QED) is 0.831. The average Bonchev–Trinajstić information content (AvgIpc) is 2.59. The third-order valence-corrected chi connectivity index (χ3v) is 4.16. The third kappa shape index (κ3) is 5.25. The summed E-state index contributed by atoms with van der Waals surface area (Å²) in [6.07, 6.45) is -3.17. The molecule has 2 rings (SSSR count). The lowest BCUT2D eigenvalue weighted by molar-refractivity contribution is -0.137. The molecule has 26 heavy (non-hydrogen) atoms. The highest BCUT2D eigenvalue weighted by Crippen LogP contribution is 2.35. The Bertz CT molecular complexity index is 623. The van der Waals surface area contributed by atoms with Gasteiger partial charge in [0.1, 0.15) is 0 Å². The number of urea groups is 1. The Balaban J connectivity index is 2.14. The van der Waals surface area contributed by atoms with E-state index in [1.165, 1.54) is 11.0 Å². The number of hydrogen-bond donors (Lipinski definition) is 2. The van der Waals surface area contributed by atoms with Gasteiger partial charge >= 0.3 is 12.2 Å². The first kappa shape index (κ1) is 20.3. The number of carbonyl (C=O) groups excluding carboxylic acids is 1. The molecule has 0 saturated carbocycles. The van der Waals surface area contributed by atoms with Crippen molar-refractivity contribution in [2.75, 3.05) is 50.6 Å². The number of benzene rings is 1. The number of alkyl halides is 3. The van der Waals surface area contributed by atoms with Crippen LogP contribution in [0.3, 0.4) is 0 Å². The van der Waals surface area contributed by atoms with Crippen molar-refractivity contribution in [3.8, 4) is 0 Å². The van der Waals surface area contributed by atoms with Gasteiger partial charge in [0, 0.05) is 27.2 Å². The van der Waals surface area contributed by atoms with E-state index in [9.17, 15) is 18.0 Å². The Morgan fingerprint density at radius 3 is 2.77 bits per heavy atom. The first-order valence-electron chi connectivity index (χ1n) is 8.39. The lowest BCUT2D eigenvalue weighted by Crippen LogP contribution is -2.45. The normalized spacial score (nSPS) is 17.9. The van der Waals surface area contributed by atoms with Crippen LogP contribution in [0.4, 0.5) is 29.3 Å². The molecule has 1 unspecified atom stereocenters. The van der Waals surface area contributed by atoms with Gasteiger partial charge < -0.3 is 25.0 Å². The number of rotatable bonds is 5. The van der Waals surface area contributed by atoms with E-state index >= 15 is 0 Å². The number of carbonyl (C=O) groups is 1. The van der Waals surface area contributed by atoms with Gasteiger partial charge in [0.05, 0.1) is 36.3 Å². The van der Waals surface area contributed by atoms with E-state index in [4.69, 9.17) is 9.84 Å². The molecule has 0 aromatic heterocycles. The highest BCUT2D eigenvalue weighted by Gasteiger charge is 2.32. The Morgan fingerprint density at radius 2 is 2.15 bits per heavy atom. The fraction of sp³-hybridized carbons (Fsp3) is 0.588. The summed E-state index contributed by atoms with van der Waals surface area (Å²) in [4.78, 5) is 15.7. The predicted octanol–water partition coefficient (Wildman–Crippen LogP) is 2.78. The van der Waals surface area contributed by atoms with Crippen molar-refractivity contribution < 1.29 is 27.8 Å². The molecule has 146 valence electrons. The number of halogens is 3. The fourth-order valence-electron chi connectivity index (χ4n) is 2.87. The summed E-state index contributed by atoms with van der Waals surface area (Å²) in [5, 5.41) is 11.4. The number of hydrogen-bond acceptors (Lipinski definition) is 4. The minimum Gasteiger partial charge on any atom is -0.394 e. The van der Waals surface area contributed by atoms with Crippen LogP contribution in [0.1, 0.15) is 18.4 Å². The molecule has 1 aromatic carbocycles. The van der Waals surface area contributed by atoms with Crippen LogP contribution in [-0.4, -0.2) is 62.5 Å². The standard InChI is InChI=1S/C17H24F3N3O3/c1-22(2)15-6-5-12(17(18,19)20)10-14(15)21-16(25)23-7-3-4-13(11-23)26-9-8-24/h5-6,10,13,24H,3-4,7-9,11H2,1-2H3,(H,21,25). The van der Waals surface area contributed by atoms with Gasteiger partial charge in [-0.2, -0.15) is 13.2 Å². The van der Waals surface area contributed by atoms with Crippen molar-refractivity contribution in [1.29, 1.82) is 0 Å². The average molecular weight is 375 g/mol. The molecule has 1 aliphatic heterocycles. The summed E-state index contributed by atoms with van der Waals surface area (Å²) < 4.78 is 44.4. The molecule has 2 N–H and O–H groups in total. The Morgan fingerprint density at radius 1 is 1.42 bits per heavy atom. The van der Waals surface area contributed by atoms with Crippen LogP contribution in [0, 0.1) is 0 Å². The van der Waals surface area contributed by atoms with Crippen LogP contribution in [0.25, 0.3) is 0 Å². The van der Waals surface area contributed by atoms with E-state index < -0.39 is 17.8 Å². The number of anilines is 2. The van der Waals surface area contributed by atoms with Crippen molar-refractivity contribution in [2.45, 2.75) is 25.1 Å². The zero-order valence-electron chi connectivity index (χ0n) is 14.8. The topological polar surface area (TPSA) is 65.0 Å². The number of likely N-dealkylation sites (tertiary alicyclic amines) is 1. The number of amides is 2. The van der Waals surface area contributed by atoms with Crippen LogP contribution in [0.15, 0.2) is 18.2 Å². The maximum atomic E-state index is 13.0. The molecule has 0 radical (unpaired) electrons. The van der Waals surface area contributed by atoms with E-state index in [0.717, 1.165) is 25.0 Å². The monoisotopic (exact) mass is 375 g/mol. The minimum atomic E-state index is -4.49. The van der Waals surface area contributed by atoms with Crippen LogP contribution < -0.4 is 10.2 Å². The molecule has 1 saturated heterocycles. The van der Waals surface area contributed by atoms with E-state index in [-0.39, 0.29) is 25.0 Å². The van der Waals surface area contributed by atoms with E-state index in [1.807, 2.05) is 0 Å². The van der Waals surface area contributed by atoms with Crippen molar-refractivity contribution in [1.82, 2.24) is 4.90 Å². The van der Waals surface area contributed by atoms with Crippen LogP contribution in [0.5, 0.6) is 0 Å². The second-order valence-corrected chi connectivity index (χ2v) is 6.36. The summed E-state index contributed by atoms with van der Waals surface area (Å²) in [6.45, 7) is 0.931. The van der Waals surface area contributed by atoms with Gasteiger partial charge in [0.15, 0.2) is 0 Å². The number of aliphatic hydroxyl groups is 1. The molecular weight excluding hydrogens is 351 g/mol. The summed E-state index contributed by atoms with van der Waals surface area (Å²) >= 11 is 0. The summed E-state index contributed by atoms with van der Waals surface area (Å²) in [6, 6.07) is 2.80. The third-order valence-electron chi connectivity index (χ3n) is 4.16. The fourth-order valence-corrected chi connectivity index (χ4v) is 2.87. The number of aliphatic hydroxyl groups excluding tert-OH is 1. The molecule has 1 aliphatic rings. The molecule has 1 heterocycles. The zero-order chi connectivity index (χ0) is 19.3. The van der Waals surface area contributed by atoms with Crippen molar-refractivity contribution in [3.63, 3.8) is 0 Å². The number of piperidine rings is 1. The molecule has 9 heteroatoms. The Hall–Kier alpha value is -2.00. The Kier molecular flexibility index (Phi) is 6.71. The molecule has 1 atom stereocenters. The summed E-state index contributed by atoms with van der Waals surface area (Å²) in [7, 11) is 3.38. The van der Waals surface area contributed by atoms with Crippen molar-refractivity contribution in [3.05, 3.63) is 23.8 Å². The van der Waals surface area contributed by atoms with Crippen LogP contribution in [0.2, 0.25) is 0 Å². The molecular formula is C17H24F3N3O3. The number of ether oxygens (including phenoxy) is 1. The molecule has 6 nitrogen and oxygen atoms in total. The number of nitrogens with one attached hydrogen (secondary N) is 1. The highest BCUT2D eigenvalue weighted by atomic mass is 19.4. The minimum absolute atomic E-state index is 0.0981. The van der Waals surface area contributed by atoms with Gasteiger partial charge in [0.2, 0.25) is 0 Å². The van der Waals surface area contributed by atoms with Gasteiger partial charge in [-0.3, -0.25) is 0 Å². The lowest BCUT2D eigenvalue weighted by atomic mass is 10.1. The maximum Gasteiger partial charge on any atom is 0.416 e. The molecule has 0 spiro atoms. The summed E-state index contributed by atoms with van der Waals surface area (Å²) in [5.74, 6) is 0. The van der Waals surface area contributed by atoms with Gasteiger partial charge in [-0.15, -0.1) is 0 Å². The molecule has 2 amide bonds. The van der Waals surface area contributed by atoms with Gasteiger partial charge in [-0.25, -0.2) is 4.79 Å². The van der Waals surface area contributed by atoms with E-state index in [2.05, 4.69) is 5.32 Å². The Labute approximate surface area is 150 Å². The molecule has 0 bridgehead atoms. The maximum absolute atomic E-state index is 13.0. The van der Waals surface area contributed by atoms with Crippen LogP contribution >= 0.6 is 0 Å². The van der Waals surface area contributed by atoms with Crippen molar-refractivity contribution >= 4 is 17.4 Å². The van der Waals surface area contributed by atoms with Crippen LogP contribution in [-0.2, 0) is 10.9 Å². The molecule has 0 aliphatic carbocycles. The zero-order valence-corrected chi connectivity index (χ0v) is 14.8. The predicted molar refractivity (Wildman–Crippen MR) is 92.4 cm³/mol. The smallest absolute Gasteiger partial charge is 0.394 e. The largest absolute Gasteiger partial charge is 0.416 e. The molecule has 1 aromatic rings. The first-order chi connectivity index (χ1) is 12.2. The highest BCUT2D eigenvalue weighted by molar-refractivity contribution is 5.93.